The second-order valence-corrected chi connectivity index (χ2v) is 5.32. The van der Waals surface area contributed by atoms with E-state index in [1.165, 1.54) is 12.8 Å². The van der Waals surface area contributed by atoms with Gasteiger partial charge in [0.25, 0.3) is 0 Å². The maximum absolute atomic E-state index is 13.8. The molecule has 1 aliphatic rings. The summed E-state index contributed by atoms with van der Waals surface area (Å²) in [6, 6.07) is 4.12. The first-order chi connectivity index (χ1) is 8.20. The standard InChI is InChI=1S/C13H17BrFNO/c1-17-8-11-12(14)6-9(7-13(11)15)5-10-3-2-4-16-10/h6-7,10,16H,2-5,8H2,1H3. The van der Waals surface area contributed by atoms with Gasteiger partial charge in [-0.1, -0.05) is 15.9 Å². The van der Waals surface area contributed by atoms with Gasteiger partial charge in [-0.15, -0.1) is 0 Å². The lowest BCUT2D eigenvalue weighted by molar-refractivity contribution is 0.181. The van der Waals surface area contributed by atoms with Gasteiger partial charge in [-0.2, -0.15) is 0 Å². The SMILES string of the molecule is COCc1c(F)cc(CC2CCCN2)cc1Br. The zero-order valence-corrected chi connectivity index (χ0v) is 11.5. The lowest BCUT2D eigenvalue weighted by atomic mass is 10.0. The average Bonchev–Trinajstić information content (AvgIpc) is 2.76. The summed E-state index contributed by atoms with van der Waals surface area (Å²) in [7, 11) is 1.57. The topological polar surface area (TPSA) is 21.3 Å². The molecular weight excluding hydrogens is 285 g/mol. The van der Waals surface area contributed by atoms with Gasteiger partial charge in [0, 0.05) is 23.2 Å². The van der Waals surface area contributed by atoms with Crippen LogP contribution in [-0.2, 0) is 17.8 Å². The smallest absolute Gasteiger partial charge is 0.130 e. The Morgan fingerprint density at radius 1 is 1.53 bits per heavy atom. The van der Waals surface area contributed by atoms with Crippen LogP contribution < -0.4 is 5.32 Å². The molecule has 0 amide bonds. The molecule has 1 aliphatic heterocycles. The van der Waals surface area contributed by atoms with E-state index in [2.05, 4.69) is 21.2 Å². The van der Waals surface area contributed by atoms with Crippen molar-refractivity contribution in [2.45, 2.75) is 31.9 Å². The lowest BCUT2D eigenvalue weighted by Gasteiger charge is -2.12. The molecule has 1 saturated heterocycles. The van der Waals surface area contributed by atoms with Crippen molar-refractivity contribution >= 4 is 15.9 Å². The zero-order chi connectivity index (χ0) is 12.3. The number of hydrogen-bond acceptors (Lipinski definition) is 2. The molecule has 1 atom stereocenters. The molecule has 1 N–H and O–H groups in total. The number of rotatable bonds is 4. The van der Waals surface area contributed by atoms with Crippen LogP contribution in [0.2, 0.25) is 0 Å². The number of ether oxygens (including phenoxy) is 1. The number of methoxy groups -OCH3 is 1. The van der Waals surface area contributed by atoms with E-state index >= 15 is 0 Å². The van der Waals surface area contributed by atoms with Gasteiger partial charge < -0.3 is 10.1 Å². The average molecular weight is 302 g/mol. The molecule has 1 unspecified atom stereocenters. The monoisotopic (exact) mass is 301 g/mol. The molecule has 17 heavy (non-hydrogen) atoms. The van der Waals surface area contributed by atoms with Crippen molar-refractivity contribution in [2.75, 3.05) is 13.7 Å². The van der Waals surface area contributed by atoms with Crippen molar-refractivity contribution in [3.05, 3.63) is 33.5 Å². The Hall–Kier alpha value is -0.450. The molecule has 2 nitrogen and oxygen atoms in total. The first-order valence-electron chi connectivity index (χ1n) is 5.90. The van der Waals surface area contributed by atoms with Gasteiger partial charge in [0.15, 0.2) is 0 Å². The van der Waals surface area contributed by atoms with Crippen LogP contribution in [0.4, 0.5) is 4.39 Å². The first kappa shape index (κ1) is 13.0. The fourth-order valence-corrected chi connectivity index (χ4v) is 2.87. The first-order valence-corrected chi connectivity index (χ1v) is 6.69. The minimum absolute atomic E-state index is 0.186. The summed E-state index contributed by atoms with van der Waals surface area (Å²) in [5.74, 6) is -0.186. The second kappa shape index (κ2) is 5.94. The number of hydrogen-bond donors (Lipinski definition) is 1. The van der Waals surface area contributed by atoms with Crippen LogP contribution in [0, 0.1) is 5.82 Å². The molecule has 1 aromatic carbocycles. The van der Waals surface area contributed by atoms with Crippen LogP contribution in [0.25, 0.3) is 0 Å². The van der Waals surface area contributed by atoms with Crippen molar-refractivity contribution in [1.29, 1.82) is 0 Å². The van der Waals surface area contributed by atoms with E-state index < -0.39 is 0 Å². The van der Waals surface area contributed by atoms with Gasteiger partial charge in [0.2, 0.25) is 0 Å². The van der Waals surface area contributed by atoms with Crippen molar-refractivity contribution in [3.63, 3.8) is 0 Å². The van der Waals surface area contributed by atoms with Crippen LogP contribution in [0.3, 0.4) is 0 Å². The third-order valence-electron chi connectivity index (χ3n) is 3.13. The quantitative estimate of drug-likeness (QED) is 0.923. The Bertz CT molecular complexity index is 368. The van der Waals surface area contributed by atoms with Crippen molar-refractivity contribution < 1.29 is 9.13 Å². The summed E-state index contributed by atoms with van der Waals surface area (Å²) in [5, 5.41) is 3.42. The van der Waals surface area contributed by atoms with Crippen LogP contribution >= 0.6 is 15.9 Å². The van der Waals surface area contributed by atoms with Crippen LogP contribution in [-0.4, -0.2) is 19.7 Å². The molecule has 0 spiro atoms. The van der Waals surface area contributed by atoms with Crippen LogP contribution in [0.1, 0.15) is 24.0 Å². The van der Waals surface area contributed by atoms with Crippen molar-refractivity contribution in [2.24, 2.45) is 0 Å². The van der Waals surface area contributed by atoms with E-state index in [-0.39, 0.29) is 5.82 Å². The predicted octanol–water partition coefficient (Wildman–Crippen LogP) is 3.03. The Labute approximate surface area is 110 Å². The summed E-state index contributed by atoms with van der Waals surface area (Å²) in [6.45, 7) is 1.38. The van der Waals surface area contributed by atoms with Crippen LogP contribution in [0.5, 0.6) is 0 Å². The Balaban J connectivity index is 2.13. The molecule has 0 aliphatic carbocycles. The number of benzene rings is 1. The van der Waals surface area contributed by atoms with E-state index in [0.29, 0.717) is 18.2 Å². The summed E-state index contributed by atoms with van der Waals surface area (Å²) < 4.78 is 19.6. The third kappa shape index (κ3) is 3.27. The maximum Gasteiger partial charge on any atom is 0.130 e. The Morgan fingerprint density at radius 2 is 2.35 bits per heavy atom. The van der Waals surface area contributed by atoms with Crippen LogP contribution in [0.15, 0.2) is 16.6 Å². The molecule has 0 radical (unpaired) electrons. The molecule has 1 fully saturated rings. The highest BCUT2D eigenvalue weighted by atomic mass is 79.9. The highest BCUT2D eigenvalue weighted by molar-refractivity contribution is 9.10. The highest BCUT2D eigenvalue weighted by Gasteiger charge is 2.16. The second-order valence-electron chi connectivity index (χ2n) is 4.47. The van der Waals surface area contributed by atoms with E-state index in [0.717, 1.165) is 23.0 Å². The Kier molecular flexibility index (Phi) is 4.54. The molecule has 4 heteroatoms. The molecule has 0 saturated carbocycles. The summed E-state index contributed by atoms with van der Waals surface area (Å²) >= 11 is 3.41. The van der Waals surface area contributed by atoms with Gasteiger partial charge in [-0.05, 0) is 43.5 Å². The zero-order valence-electron chi connectivity index (χ0n) is 9.93. The Morgan fingerprint density at radius 3 is 2.94 bits per heavy atom. The van der Waals surface area contributed by atoms with Gasteiger partial charge in [0.05, 0.1) is 6.61 Å². The van der Waals surface area contributed by atoms with E-state index in [1.807, 2.05) is 6.07 Å². The minimum atomic E-state index is -0.186. The van der Waals surface area contributed by atoms with Gasteiger partial charge >= 0.3 is 0 Å². The van der Waals surface area contributed by atoms with E-state index in [9.17, 15) is 4.39 Å². The van der Waals surface area contributed by atoms with Gasteiger partial charge in [-0.3, -0.25) is 0 Å². The van der Waals surface area contributed by atoms with Gasteiger partial charge in [0.1, 0.15) is 5.82 Å². The largest absolute Gasteiger partial charge is 0.380 e. The lowest BCUT2D eigenvalue weighted by Crippen LogP contribution is -2.23. The molecule has 1 aromatic rings. The third-order valence-corrected chi connectivity index (χ3v) is 3.84. The number of nitrogens with one attached hydrogen (secondary N) is 1. The van der Waals surface area contributed by atoms with E-state index in [1.54, 1.807) is 13.2 Å². The fraction of sp³-hybridized carbons (Fsp3) is 0.538. The predicted molar refractivity (Wildman–Crippen MR) is 69.5 cm³/mol. The molecule has 1 heterocycles. The normalized spacial score (nSPS) is 19.8. The summed E-state index contributed by atoms with van der Waals surface area (Å²) in [5.41, 5.74) is 1.63. The maximum atomic E-state index is 13.8. The highest BCUT2D eigenvalue weighted by Crippen LogP contribution is 2.24. The molecular formula is C13H17BrFNO. The van der Waals surface area contributed by atoms with Crippen molar-refractivity contribution in [1.82, 2.24) is 5.32 Å². The summed E-state index contributed by atoms with van der Waals surface area (Å²) in [4.78, 5) is 0. The molecule has 94 valence electrons. The summed E-state index contributed by atoms with van der Waals surface area (Å²) in [6.07, 6.45) is 3.29. The minimum Gasteiger partial charge on any atom is -0.380 e. The molecule has 0 bridgehead atoms. The van der Waals surface area contributed by atoms with Crippen molar-refractivity contribution in [3.8, 4) is 0 Å². The van der Waals surface area contributed by atoms with E-state index in [4.69, 9.17) is 4.74 Å². The number of halogens is 2. The van der Waals surface area contributed by atoms with Gasteiger partial charge in [-0.25, -0.2) is 4.39 Å². The fourth-order valence-electron chi connectivity index (χ4n) is 2.27. The molecule has 0 aromatic heterocycles. The molecule has 2 rings (SSSR count).